The van der Waals surface area contributed by atoms with Crippen LogP contribution < -0.4 is 0 Å². The quantitative estimate of drug-likeness (QED) is 0.765. The SMILES string of the molecule is CC(C)C(=O)C(Cc1ccc(O)cc1)C(=O)O. The molecule has 1 aromatic rings. The van der Waals surface area contributed by atoms with Gasteiger partial charge in [-0.25, -0.2) is 0 Å². The number of ketones is 1. The molecular formula is C13H16O4. The molecule has 4 nitrogen and oxygen atoms in total. The minimum Gasteiger partial charge on any atom is -0.508 e. The summed E-state index contributed by atoms with van der Waals surface area (Å²) < 4.78 is 0. The van der Waals surface area contributed by atoms with Crippen molar-refractivity contribution in [3.63, 3.8) is 0 Å². The summed E-state index contributed by atoms with van der Waals surface area (Å²) in [4.78, 5) is 22.8. The summed E-state index contributed by atoms with van der Waals surface area (Å²) >= 11 is 0. The van der Waals surface area contributed by atoms with E-state index in [1.165, 1.54) is 12.1 Å². The summed E-state index contributed by atoms with van der Waals surface area (Å²) in [6, 6.07) is 6.21. The van der Waals surface area contributed by atoms with E-state index in [2.05, 4.69) is 0 Å². The van der Waals surface area contributed by atoms with E-state index in [-0.39, 0.29) is 23.9 Å². The van der Waals surface area contributed by atoms with E-state index in [9.17, 15) is 9.59 Å². The molecular weight excluding hydrogens is 220 g/mol. The third-order valence-electron chi connectivity index (χ3n) is 2.59. The van der Waals surface area contributed by atoms with Crippen LogP contribution in [0.1, 0.15) is 19.4 Å². The number of aliphatic carboxylic acids is 1. The number of carbonyl (C=O) groups excluding carboxylic acids is 1. The minimum absolute atomic E-state index is 0.121. The molecule has 0 fully saturated rings. The molecule has 0 amide bonds. The number of aromatic hydroxyl groups is 1. The molecule has 0 radical (unpaired) electrons. The fraction of sp³-hybridized carbons (Fsp3) is 0.385. The Morgan fingerprint density at radius 1 is 1.18 bits per heavy atom. The lowest BCUT2D eigenvalue weighted by Gasteiger charge is -2.13. The number of Topliss-reactive ketones (excluding diaryl/α,β-unsaturated/α-hetero) is 1. The van der Waals surface area contributed by atoms with Crippen molar-refractivity contribution < 1.29 is 19.8 Å². The first kappa shape index (κ1) is 13.2. The number of phenolic OH excluding ortho intramolecular Hbond substituents is 1. The lowest BCUT2D eigenvalue weighted by Crippen LogP contribution is -2.29. The van der Waals surface area contributed by atoms with Crippen LogP contribution in [0.5, 0.6) is 5.75 Å². The van der Waals surface area contributed by atoms with Crippen molar-refractivity contribution in [2.45, 2.75) is 20.3 Å². The van der Waals surface area contributed by atoms with Gasteiger partial charge in [0.15, 0.2) is 0 Å². The van der Waals surface area contributed by atoms with Gasteiger partial charge in [-0.3, -0.25) is 9.59 Å². The summed E-state index contributed by atoms with van der Waals surface area (Å²) in [5, 5.41) is 18.2. The summed E-state index contributed by atoms with van der Waals surface area (Å²) in [5.74, 6) is -2.56. The molecule has 0 aliphatic carbocycles. The van der Waals surface area contributed by atoms with Gasteiger partial charge >= 0.3 is 5.97 Å². The topological polar surface area (TPSA) is 74.6 Å². The van der Waals surface area contributed by atoms with Crippen LogP contribution in [0.15, 0.2) is 24.3 Å². The second-order valence-electron chi connectivity index (χ2n) is 4.32. The first-order chi connectivity index (χ1) is 7.91. The largest absolute Gasteiger partial charge is 0.508 e. The smallest absolute Gasteiger partial charge is 0.314 e. The van der Waals surface area contributed by atoms with E-state index in [0.717, 1.165) is 5.56 Å². The third-order valence-corrected chi connectivity index (χ3v) is 2.59. The maximum atomic E-state index is 11.7. The average Bonchev–Trinajstić information content (AvgIpc) is 2.26. The molecule has 1 aromatic carbocycles. The van der Waals surface area contributed by atoms with Crippen LogP contribution in [0.3, 0.4) is 0 Å². The molecule has 0 aliphatic heterocycles. The Hall–Kier alpha value is -1.84. The van der Waals surface area contributed by atoms with Gasteiger partial charge in [-0.1, -0.05) is 26.0 Å². The average molecular weight is 236 g/mol. The van der Waals surface area contributed by atoms with Gasteiger partial charge in [0, 0.05) is 5.92 Å². The predicted molar refractivity (Wildman–Crippen MR) is 62.8 cm³/mol. The van der Waals surface area contributed by atoms with Gasteiger partial charge in [-0.05, 0) is 24.1 Å². The van der Waals surface area contributed by atoms with Crippen LogP contribution in [0.25, 0.3) is 0 Å². The van der Waals surface area contributed by atoms with Gasteiger partial charge in [0.1, 0.15) is 17.5 Å². The normalized spacial score (nSPS) is 12.4. The third kappa shape index (κ3) is 3.59. The minimum atomic E-state index is -1.10. The molecule has 1 rings (SSSR count). The zero-order valence-electron chi connectivity index (χ0n) is 9.88. The maximum Gasteiger partial charge on any atom is 0.314 e. The standard InChI is InChI=1S/C13H16O4/c1-8(2)12(15)11(13(16)17)7-9-3-5-10(14)6-4-9/h3-6,8,11,14H,7H2,1-2H3,(H,16,17). The highest BCUT2D eigenvalue weighted by molar-refractivity contribution is 5.99. The molecule has 92 valence electrons. The number of hydrogen-bond donors (Lipinski definition) is 2. The Morgan fingerprint density at radius 3 is 2.12 bits per heavy atom. The van der Waals surface area contributed by atoms with Crippen molar-refractivity contribution in [3.8, 4) is 5.75 Å². The zero-order chi connectivity index (χ0) is 13.0. The van der Waals surface area contributed by atoms with Crippen LogP contribution in [-0.4, -0.2) is 22.0 Å². The van der Waals surface area contributed by atoms with Gasteiger partial charge in [-0.2, -0.15) is 0 Å². The van der Waals surface area contributed by atoms with Gasteiger partial charge in [0.2, 0.25) is 0 Å². The predicted octanol–water partition coefficient (Wildman–Crippen LogP) is 1.86. The van der Waals surface area contributed by atoms with Gasteiger partial charge in [0.25, 0.3) is 0 Å². The number of carbonyl (C=O) groups is 2. The van der Waals surface area contributed by atoms with Crippen molar-refractivity contribution in [1.82, 2.24) is 0 Å². The first-order valence-corrected chi connectivity index (χ1v) is 5.46. The molecule has 4 heteroatoms. The first-order valence-electron chi connectivity index (χ1n) is 5.46. The number of phenols is 1. The Bertz CT molecular complexity index is 406. The van der Waals surface area contributed by atoms with Crippen molar-refractivity contribution in [2.75, 3.05) is 0 Å². The molecule has 0 heterocycles. The number of benzene rings is 1. The number of carboxylic acid groups (broad SMARTS) is 1. The van der Waals surface area contributed by atoms with Gasteiger partial charge in [0.05, 0.1) is 0 Å². The van der Waals surface area contributed by atoms with Crippen molar-refractivity contribution in [1.29, 1.82) is 0 Å². The monoisotopic (exact) mass is 236 g/mol. The molecule has 17 heavy (non-hydrogen) atoms. The molecule has 0 aromatic heterocycles. The lowest BCUT2D eigenvalue weighted by atomic mass is 9.89. The number of rotatable bonds is 5. The zero-order valence-corrected chi connectivity index (χ0v) is 9.88. The molecule has 0 saturated heterocycles. The summed E-state index contributed by atoms with van der Waals surface area (Å²) in [5.41, 5.74) is 0.726. The van der Waals surface area contributed by atoms with Crippen molar-refractivity contribution in [2.24, 2.45) is 11.8 Å². The van der Waals surface area contributed by atoms with E-state index in [0.29, 0.717) is 0 Å². The molecule has 0 saturated carbocycles. The highest BCUT2D eigenvalue weighted by Gasteiger charge is 2.28. The molecule has 0 spiro atoms. The Balaban J connectivity index is 2.84. The van der Waals surface area contributed by atoms with Crippen LogP contribution in [0.2, 0.25) is 0 Å². The van der Waals surface area contributed by atoms with Crippen LogP contribution in [-0.2, 0) is 16.0 Å². The molecule has 0 aliphatic rings. The van der Waals surface area contributed by atoms with E-state index in [1.807, 2.05) is 0 Å². The van der Waals surface area contributed by atoms with Gasteiger partial charge in [-0.15, -0.1) is 0 Å². The van der Waals surface area contributed by atoms with Crippen LogP contribution >= 0.6 is 0 Å². The summed E-state index contributed by atoms with van der Waals surface area (Å²) in [6.07, 6.45) is 0.159. The Morgan fingerprint density at radius 2 is 1.71 bits per heavy atom. The molecule has 1 unspecified atom stereocenters. The van der Waals surface area contributed by atoms with Crippen molar-refractivity contribution >= 4 is 11.8 Å². The van der Waals surface area contributed by atoms with E-state index >= 15 is 0 Å². The van der Waals surface area contributed by atoms with E-state index in [4.69, 9.17) is 10.2 Å². The molecule has 2 N–H and O–H groups in total. The Labute approximate surface area is 99.9 Å². The van der Waals surface area contributed by atoms with E-state index < -0.39 is 11.9 Å². The fourth-order valence-electron chi connectivity index (χ4n) is 1.58. The summed E-state index contributed by atoms with van der Waals surface area (Å²) in [6.45, 7) is 3.38. The lowest BCUT2D eigenvalue weighted by molar-refractivity contribution is -0.147. The van der Waals surface area contributed by atoms with Crippen molar-refractivity contribution in [3.05, 3.63) is 29.8 Å². The van der Waals surface area contributed by atoms with Crippen LogP contribution in [0, 0.1) is 11.8 Å². The fourth-order valence-corrected chi connectivity index (χ4v) is 1.58. The summed E-state index contributed by atoms with van der Waals surface area (Å²) in [7, 11) is 0. The highest BCUT2D eigenvalue weighted by atomic mass is 16.4. The highest BCUT2D eigenvalue weighted by Crippen LogP contribution is 2.17. The van der Waals surface area contributed by atoms with Crippen LogP contribution in [0.4, 0.5) is 0 Å². The molecule has 1 atom stereocenters. The maximum absolute atomic E-state index is 11.7. The van der Waals surface area contributed by atoms with E-state index in [1.54, 1.807) is 26.0 Å². The second kappa shape index (κ2) is 5.48. The number of hydrogen-bond acceptors (Lipinski definition) is 3. The Kier molecular flexibility index (Phi) is 4.26. The van der Waals surface area contributed by atoms with Gasteiger partial charge < -0.3 is 10.2 Å². The number of carboxylic acids is 1. The second-order valence-corrected chi connectivity index (χ2v) is 4.32. The molecule has 0 bridgehead atoms.